The fraction of sp³-hybridized carbons (Fsp3) is 0.750. The molecule has 0 aromatic carbocycles. The molecule has 0 bridgehead atoms. The van der Waals surface area contributed by atoms with Crippen LogP contribution in [0.1, 0.15) is 12.2 Å². The Kier molecular flexibility index (Phi) is 4.27. The second kappa shape index (κ2) is 5.57. The fourth-order valence-corrected chi connectivity index (χ4v) is 2.66. The molecule has 102 valence electrons. The Morgan fingerprint density at radius 2 is 2.28 bits per heavy atom. The number of β-amino-alcohol motifs (C(OH)–C–C–N with tert-alkyl or cyclic N) is 1. The second-order valence-electron chi connectivity index (χ2n) is 5.29. The lowest BCUT2D eigenvalue weighted by Crippen LogP contribution is -2.37. The van der Waals surface area contributed by atoms with Gasteiger partial charge in [-0.25, -0.2) is 4.98 Å². The Labute approximate surface area is 113 Å². The first kappa shape index (κ1) is 13.8. The Morgan fingerprint density at radius 3 is 2.83 bits per heavy atom. The van der Waals surface area contributed by atoms with Gasteiger partial charge in [-0.1, -0.05) is 11.6 Å². The minimum atomic E-state index is -0.231. The molecule has 2 heterocycles. The molecule has 2 rings (SSSR count). The lowest BCUT2D eigenvalue weighted by Gasteiger charge is -2.26. The summed E-state index contributed by atoms with van der Waals surface area (Å²) < 4.78 is 1.89. The van der Waals surface area contributed by atoms with Crippen molar-refractivity contribution in [1.29, 1.82) is 0 Å². The minimum Gasteiger partial charge on any atom is -0.392 e. The van der Waals surface area contributed by atoms with Crippen LogP contribution in [-0.2, 0) is 13.6 Å². The van der Waals surface area contributed by atoms with E-state index in [1.165, 1.54) is 0 Å². The first-order valence-electron chi connectivity index (χ1n) is 6.20. The molecule has 1 N–H and O–H groups in total. The van der Waals surface area contributed by atoms with Crippen molar-refractivity contribution in [2.75, 3.05) is 27.2 Å². The maximum atomic E-state index is 9.82. The maximum Gasteiger partial charge on any atom is 0.128 e. The normalized spacial score (nSPS) is 25.2. The van der Waals surface area contributed by atoms with Gasteiger partial charge in [0.15, 0.2) is 0 Å². The van der Waals surface area contributed by atoms with Crippen LogP contribution in [0, 0.1) is 0 Å². The summed E-state index contributed by atoms with van der Waals surface area (Å²) in [5.41, 5.74) is 0. The number of aliphatic hydroxyl groups is 1. The molecule has 1 aliphatic rings. The Hall–Kier alpha value is -0.620. The predicted octanol–water partition coefficient (Wildman–Crippen LogP) is 0.570. The third kappa shape index (κ3) is 3.03. The van der Waals surface area contributed by atoms with Gasteiger partial charge < -0.3 is 14.6 Å². The summed E-state index contributed by atoms with van der Waals surface area (Å²) in [6.45, 7) is 2.40. The van der Waals surface area contributed by atoms with Gasteiger partial charge in [-0.05, 0) is 20.5 Å². The van der Waals surface area contributed by atoms with Crippen LogP contribution in [0.15, 0.2) is 6.20 Å². The molecule has 6 heteroatoms. The molecular formula is C12H21ClN4O. The van der Waals surface area contributed by atoms with E-state index in [0.29, 0.717) is 17.7 Å². The molecule has 0 amide bonds. The number of aromatic nitrogens is 2. The van der Waals surface area contributed by atoms with Gasteiger partial charge in [0.1, 0.15) is 11.0 Å². The Morgan fingerprint density at radius 1 is 1.56 bits per heavy atom. The van der Waals surface area contributed by atoms with Crippen molar-refractivity contribution in [3.05, 3.63) is 17.2 Å². The average molecular weight is 273 g/mol. The van der Waals surface area contributed by atoms with Crippen LogP contribution < -0.4 is 0 Å². The van der Waals surface area contributed by atoms with Crippen LogP contribution >= 0.6 is 11.6 Å². The second-order valence-corrected chi connectivity index (χ2v) is 5.68. The lowest BCUT2D eigenvalue weighted by atomic mass is 10.2. The van der Waals surface area contributed by atoms with Crippen molar-refractivity contribution in [2.45, 2.75) is 25.1 Å². The third-order valence-electron chi connectivity index (χ3n) is 3.45. The van der Waals surface area contributed by atoms with Crippen LogP contribution in [-0.4, -0.2) is 63.8 Å². The first-order chi connectivity index (χ1) is 8.47. The number of rotatable bonds is 4. The van der Waals surface area contributed by atoms with Crippen molar-refractivity contribution in [1.82, 2.24) is 19.4 Å². The van der Waals surface area contributed by atoms with E-state index in [0.717, 1.165) is 25.3 Å². The number of imidazole rings is 1. The fourth-order valence-electron chi connectivity index (χ4n) is 2.52. The van der Waals surface area contributed by atoms with Gasteiger partial charge in [-0.2, -0.15) is 0 Å². The molecule has 0 spiro atoms. The maximum absolute atomic E-state index is 9.82. The van der Waals surface area contributed by atoms with Crippen molar-refractivity contribution in [2.24, 2.45) is 7.05 Å². The van der Waals surface area contributed by atoms with Gasteiger partial charge >= 0.3 is 0 Å². The number of likely N-dealkylation sites (N-methyl/N-ethyl adjacent to an activating group) is 1. The molecule has 18 heavy (non-hydrogen) atoms. The molecule has 0 radical (unpaired) electrons. The van der Waals surface area contributed by atoms with E-state index in [4.69, 9.17) is 11.6 Å². The lowest BCUT2D eigenvalue weighted by molar-refractivity contribution is 0.167. The van der Waals surface area contributed by atoms with Crippen molar-refractivity contribution in [3.63, 3.8) is 0 Å². The van der Waals surface area contributed by atoms with Gasteiger partial charge in [0.25, 0.3) is 0 Å². The average Bonchev–Trinajstić information content (AvgIpc) is 2.76. The van der Waals surface area contributed by atoms with Gasteiger partial charge in [0.05, 0.1) is 18.8 Å². The van der Waals surface area contributed by atoms with Crippen LogP contribution in [0.25, 0.3) is 0 Å². The summed E-state index contributed by atoms with van der Waals surface area (Å²) in [6, 6.07) is 0.380. The topological polar surface area (TPSA) is 44.5 Å². The molecule has 1 aromatic rings. The van der Waals surface area contributed by atoms with E-state index >= 15 is 0 Å². The van der Waals surface area contributed by atoms with E-state index in [2.05, 4.69) is 28.9 Å². The number of hydrogen-bond acceptors (Lipinski definition) is 4. The third-order valence-corrected chi connectivity index (χ3v) is 3.81. The zero-order valence-electron chi connectivity index (χ0n) is 11.2. The van der Waals surface area contributed by atoms with Crippen molar-refractivity contribution in [3.8, 4) is 0 Å². The van der Waals surface area contributed by atoms with E-state index in [1.54, 1.807) is 6.20 Å². The van der Waals surface area contributed by atoms with Gasteiger partial charge in [-0.3, -0.25) is 4.90 Å². The summed E-state index contributed by atoms with van der Waals surface area (Å²) in [5, 5.41) is 10.5. The SMILES string of the molecule is CN(C)CC1CC(O)CN1Cc1ncc(Cl)n1C. The number of hydrogen-bond donors (Lipinski definition) is 1. The number of nitrogens with zero attached hydrogens (tertiary/aromatic N) is 4. The smallest absolute Gasteiger partial charge is 0.128 e. The number of likely N-dealkylation sites (tertiary alicyclic amines) is 1. The Bertz CT molecular complexity index is 407. The van der Waals surface area contributed by atoms with Crippen molar-refractivity contribution < 1.29 is 5.11 Å². The molecule has 1 fully saturated rings. The zero-order valence-corrected chi connectivity index (χ0v) is 11.9. The van der Waals surface area contributed by atoms with Gasteiger partial charge in [0.2, 0.25) is 0 Å². The molecule has 2 atom stereocenters. The van der Waals surface area contributed by atoms with E-state index < -0.39 is 0 Å². The van der Waals surface area contributed by atoms with Gasteiger partial charge in [-0.15, -0.1) is 0 Å². The van der Waals surface area contributed by atoms with E-state index in [1.807, 2.05) is 11.6 Å². The first-order valence-corrected chi connectivity index (χ1v) is 6.58. The summed E-state index contributed by atoms with van der Waals surface area (Å²) in [4.78, 5) is 8.75. The highest BCUT2D eigenvalue weighted by molar-refractivity contribution is 6.29. The zero-order chi connectivity index (χ0) is 13.3. The van der Waals surface area contributed by atoms with Crippen molar-refractivity contribution >= 4 is 11.6 Å². The summed E-state index contributed by atoms with van der Waals surface area (Å²) in [5.74, 6) is 0.942. The molecule has 0 aliphatic carbocycles. The van der Waals surface area contributed by atoms with Gasteiger partial charge in [0, 0.05) is 26.2 Å². The van der Waals surface area contributed by atoms with E-state index in [9.17, 15) is 5.11 Å². The summed E-state index contributed by atoms with van der Waals surface area (Å²) in [6.07, 6.45) is 2.27. The van der Waals surface area contributed by atoms with Crippen LogP contribution in [0.4, 0.5) is 0 Å². The standard InChI is InChI=1S/C12H21ClN4O/c1-15(2)6-9-4-10(18)7-17(9)8-12-14-5-11(13)16(12)3/h5,9-10,18H,4,6-8H2,1-3H3. The quantitative estimate of drug-likeness (QED) is 0.871. The summed E-state index contributed by atoms with van der Waals surface area (Å²) in [7, 11) is 6.03. The molecule has 1 saturated heterocycles. The predicted molar refractivity (Wildman–Crippen MR) is 71.6 cm³/mol. The van der Waals surface area contributed by atoms with Crippen LogP contribution in [0.2, 0.25) is 5.15 Å². The molecule has 2 unspecified atom stereocenters. The Balaban J connectivity index is 2.04. The number of halogens is 1. The largest absolute Gasteiger partial charge is 0.392 e. The highest BCUT2D eigenvalue weighted by Gasteiger charge is 2.31. The monoisotopic (exact) mass is 272 g/mol. The van der Waals surface area contributed by atoms with E-state index in [-0.39, 0.29) is 6.10 Å². The molecule has 0 saturated carbocycles. The minimum absolute atomic E-state index is 0.231. The highest BCUT2D eigenvalue weighted by Crippen LogP contribution is 2.21. The van der Waals surface area contributed by atoms with Crippen LogP contribution in [0.5, 0.6) is 0 Å². The molecule has 1 aliphatic heterocycles. The molecular weight excluding hydrogens is 252 g/mol. The van der Waals surface area contributed by atoms with Crippen LogP contribution in [0.3, 0.4) is 0 Å². The summed E-state index contributed by atoms with van der Waals surface area (Å²) >= 11 is 5.99. The highest BCUT2D eigenvalue weighted by atomic mass is 35.5. The number of aliphatic hydroxyl groups excluding tert-OH is 1. The molecule has 1 aromatic heterocycles. The molecule has 5 nitrogen and oxygen atoms in total.